The number of unbranched alkanes of at least 4 members (excludes halogenated alkanes) is 1. The number of hydrogen-bond donors (Lipinski definition) is 1. The van der Waals surface area contributed by atoms with E-state index in [9.17, 15) is 9.59 Å². The maximum atomic E-state index is 12.4. The molecular weight excluding hydrogens is 370 g/mol. The van der Waals surface area contributed by atoms with Crippen molar-refractivity contribution in [2.24, 2.45) is 5.92 Å². The molecule has 154 valence electrons. The number of fused-ring (bicyclic) bond motifs is 2. The summed E-state index contributed by atoms with van der Waals surface area (Å²) >= 11 is 0. The van der Waals surface area contributed by atoms with Gasteiger partial charge in [-0.3, -0.25) is 9.69 Å². The van der Waals surface area contributed by atoms with E-state index in [4.69, 9.17) is 14.6 Å². The fourth-order valence-corrected chi connectivity index (χ4v) is 4.82. The largest absolute Gasteiger partial charge is 0.481 e. The Balaban J connectivity index is 1.34. The lowest BCUT2D eigenvalue weighted by Crippen LogP contribution is -2.37. The summed E-state index contributed by atoms with van der Waals surface area (Å²) in [5, 5.41) is 8.68. The molecule has 1 aromatic rings. The first-order valence-electron chi connectivity index (χ1n) is 10.4. The van der Waals surface area contributed by atoms with Gasteiger partial charge in [-0.05, 0) is 31.2 Å². The summed E-state index contributed by atoms with van der Waals surface area (Å²) in [7, 11) is 0. The molecule has 1 amide bonds. The Morgan fingerprint density at radius 1 is 1.28 bits per heavy atom. The van der Waals surface area contributed by atoms with Gasteiger partial charge in [0.15, 0.2) is 0 Å². The summed E-state index contributed by atoms with van der Waals surface area (Å²) in [6.07, 6.45) is 4.88. The highest BCUT2D eigenvalue weighted by Crippen LogP contribution is 2.49. The van der Waals surface area contributed by atoms with E-state index in [1.54, 1.807) is 0 Å². The molecule has 1 aromatic carbocycles. The number of nitrogens with zero attached hydrogens (tertiary/aromatic N) is 1. The number of rotatable bonds is 7. The van der Waals surface area contributed by atoms with E-state index in [-0.39, 0.29) is 30.3 Å². The third kappa shape index (κ3) is 4.40. The molecule has 0 spiro atoms. The summed E-state index contributed by atoms with van der Waals surface area (Å²) < 4.78 is 11.7. The van der Waals surface area contributed by atoms with Crippen molar-refractivity contribution < 1.29 is 24.2 Å². The molecule has 3 fully saturated rings. The standard InChI is InChI=1S/C23H27NO5/c25-21(26)10-6-1-2-7-12-23-13-11-20(29-23)18(14-23)15-24-19(16-28-22(24)27)17-8-4-3-5-9-17/h3-5,8-9,18-20H,1,6,10-16H2,(H,25,26)/t18-,19?,20+,23-/m1/s1. The van der Waals surface area contributed by atoms with E-state index in [1.807, 2.05) is 35.2 Å². The lowest BCUT2D eigenvalue weighted by atomic mass is 9.79. The molecule has 1 N–H and O–H groups in total. The van der Waals surface area contributed by atoms with Crippen LogP contribution >= 0.6 is 0 Å². The molecule has 3 aliphatic heterocycles. The van der Waals surface area contributed by atoms with E-state index >= 15 is 0 Å². The zero-order chi connectivity index (χ0) is 20.3. The average Bonchev–Trinajstić information content (AvgIpc) is 3.39. The number of carboxylic acid groups (broad SMARTS) is 1. The molecule has 0 aromatic heterocycles. The molecule has 3 saturated heterocycles. The molecule has 3 heterocycles. The molecule has 6 heteroatoms. The van der Waals surface area contributed by atoms with Gasteiger partial charge in [0, 0.05) is 31.7 Å². The van der Waals surface area contributed by atoms with Crippen LogP contribution in [0.1, 0.15) is 56.6 Å². The van der Waals surface area contributed by atoms with Crippen molar-refractivity contribution >= 4 is 12.1 Å². The maximum Gasteiger partial charge on any atom is 0.410 e. The summed E-state index contributed by atoms with van der Waals surface area (Å²) in [6, 6.07) is 9.99. The van der Waals surface area contributed by atoms with E-state index in [2.05, 4.69) is 11.8 Å². The topological polar surface area (TPSA) is 76.1 Å². The van der Waals surface area contributed by atoms with Crippen molar-refractivity contribution in [3.05, 3.63) is 35.9 Å². The van der Waals surface area contributed by atoms with Crippen molar-refractivity contribution in [3.63, 3.8) is 0 Å². The van der Waals surface area contributed by atoms with Gasteiger partial charge >= 0.3 is 12.1 Å². The lowest BCUT2D eigenvalue weighted by molar-refractivity contribution is -0.137. The molecule has 4 rings (SSSR count). The molecule has 4 atom stereocenters. The Kier molecular flexibility index (Phi) is 5.77. The quantitative estimate of drug-likeness (QED) is 0.560. The second kappa shape index (κ2) is 8.46. The van der Waals surface area contributed by atoms with Crippen molar-refractivity contribution in [1.29, 1.82) is 0 Å². The predicted molar refractivity (Wildman–Crippen MR) is 106 cm³/mol. The number of carboxylic acids is 1. The summed E-state index contributed by atoms with van der Waals surface area (Å²) in [5.41, 5.74) is 0.894. The summed E-state index contributed by atoms with van der Waals surface area (Å²) in [6.45, 7) is 1.05. The van der Waals surface area contributed by atoms with Crippen molar-refractivity contribution in [3.8, 4) is 11.8 Å². The number of benzene rings is 1. The third-order valence-electron chi connectivity index (χ3n) is 6.26. The molecule has 0 aliphatic carbocycles. The monoisotopic (exact) mass is 397 g/mol. The highest BCUT2D eigenvalue weighted by Gasteiger charge is 2.52. The molecule has 29 heavy (non-hydrogen) atoms. The third-order valence-corrected chi connectivity index (χ3v) is 6.26. The zero-order valence-electron chi connectivity index (χ0n) is 16.5. The van der Waals surface area contributed by atoms with Gasteiger partial charge in [-0.1, -0.05) is 30.3 Å². The van der Waals surface area contributed by atoms with Crippen LogP contribution in [0.5, 0.6) is 0 Å². The second-order valence-electron chi connectivity index (χ2n) is 8.28. The second-order valence-corrected chi connectivity index (χ2v) is 8.28. The fraction of sp³-hybridized carbons (Fsp3) is 0.565. The maximum absolute atomic E-state index is 12.4. The Bertz CT molecular complexity index is 814. The van der Waals surface area contributed by atoms with Gasteiger partial charge in [-0.25, -0.2) is 4.79 Å². The van der Waals surface area contributed by atoms with Crippen LogP contribution < -0.4 is 0 Å². The molecule has 0 saturated carbocycles. The molecule has 3 aliphatic rings. The minimum absolute atomic E-state index is 0.0344. The minimum atomic E-state index is -0.778. The smallest absolute Gasteiger partial charge is 0.410 e. The molecule has 2 bridgehead atoms. The predicted octanol–water partition coefficient (Wildman–Crippen LogP) is 3.77. The van der Waals surface area contributed by atoms with Crippen LogP contribution in [0.25, 0.3) is 0 Å². The number of ether oxygens (including phenoxy) is 2. The van der Waals surface area contributed by atoms with Crippen LogP contribution in [0, 0.1) is 17.8 Å². The van der Waals surface area contributed by atoms with Gasteiger partial charge in [0.1, 0.15) is 6.61 Å². The van der Waals surface area contributed by atoms with E-state index in [1.165, 1.54) is 0 Å². The number of carbonyl (C=O) groups excluding carboxylic acids is 1. The first-order chi connectivity index (χ1) is 14.1. The normalized spacial score (nSPS) is 30.1. The number of amides is 1. The highest BCUT2D eigenvalue weighted by atomic mass is 16.6. The minimum Gasteiger partial charge on any atom is -0.481 e. The lowest BCUT2D eigenvalue weighted by Gasteiger charge is -2.29. The molecule has 1 unspecified atom stereocenters. The average molecular weight is 397 g/mol. The van der Waals surface area contributed by atoms with Gasteiger partial charge in [0.05, 0.1) is 17.7 Å². The van der Waals surface area contributed by atoms with E-state index in [0.717, 1.165) is 24.8 Å². The Labute approximate surface area is 171 Å². The van der Waals surface area contributed by atoms with Crippen LogP contribution in [0.2, 0.25) is 0 Å². The van der Waals surface area contributed by atoms with E-state index < -0.39 is 5.97 Å². The van der Waals surface area contributed by atoms with Crippen molar-refractivity contribution in [1.82, 2.24) is 4.90 Å². The first kappa shape index (κ1) is 19.8. The summed E-state index contributed by atoms with van der Waals surface area (Å²) in [4.78, 5) is 24.8. The Morgan fingerprint density at radius 3 is 2.90 bits per heavy atom. The van der Waals surface area contributed by atoms with Gasteiger partial charge in [0.2, 0.25) is 0 Å². The highest BCUT2D eigenvalue weighted by molar-refractivity contribution is 5.70. The van der Waals surface area contributed by atoms with Crippen molar-refractivity contribution in [2.75, 3.05) is 13.2 Å². The van der Waals surface area contributed by atoms with Crippen LogP contribution in [-0.4, -0.2) is 46.9 Å². The number of hydrogen-bond acceptors (Lipinski definition) is 4. The van der Waals surface area contributed by atoms with Gasteiger partial charge in [-0.2, -0.15) is 0 Å². The number of aliphatic carboxylic acids is 1. The van der Waals surface area contributed by atoms with Crippen LogP contribution in [0.15, 0.2) is 30.3 Å². The molecule has 0 radical (unpaired) electrons. The van der Waals surface area contributed by atoms with Gasteiger partial charge in [0.25, 0.3) is 0 Å². The molecule has 6 nitrogen and oxygen atoms in total. The number of cyclic esters (lactones) is 1. The van der Waals surface area contributed by atoms with Crippen LogP contribution in [-0.2, 0) is 14.3 Å². The van der Waals surface area contributed by atoms with Gasteiger partial charge < -0.3 is 14.6 Å². The van der Waals surface area contributed by atoms with Crippen LogP contribution in [0.3, 0.4) is 0 Å². The fourth-order valence-electron chi connectivity index (χ4n) is 4.82. The summed E-state index contributed by atoms with van der Waals surface area (Å²) in [5.74, 6) is 5.82. The Morgan fingerprint density at radius 2 is 2.10 bits per heavy atom. The van der Waals surface area contributed by atoms with E-state index in [0.29, 0.717) is 38.3 Å². The zero-order valence-corrected chi connectivity index (χ0v) is 16.5. The van der Waals surface area contributed by atoms with Crippen molar-refractivity contribution in [2.45, 2.75) is 62.7 Å². The van der Waals surface area contributed by atoms with Crippen LogP contribution in [0.4, 0.5) is 4.79 Å². The van der Waals surface area contributed by atoms with Gasteiger partial charge in [-0.15, -0.1) is 11.8 Å². The number of carbonyl (C=O) groups is 2. The first-order valence-corrected chi connectivity index (χ1v) is 10.4. The SMILES string of the molecule is O=C(O)CCCC#CC[C@]12CC[C@H](O1)[C@@H](CN1C(=O)OCC1c1ccccc1)C2. The Hall–Kier alpha value is -2.52. The molecular formula is C23H27NO5.